The van der Waals surface area contributed by atoms with Gasteiger partial charge in [-0.25, -0.2) is 10.2 Å². The third-order valence-corrected chi connectivity index (χ3v) is 3.54. The molecule has 0 saturated heterocycles. The van der Waals surface area contributed by atoms with Gasteiger partial charge in [-0.2, -0.15) is 0 Å². The topological polar surface area (TPSA) is 84.2 Å². The van der Waals surface area contributed by atoms with Crippen LogP contribution in [0.4, 0.5) is 4.79 Å². The van der Waals surface area contributed by atoms with Gasteiger partial charge < -0.3 is 5.73 Å². The average molecular weight is 343 g/mol. The van der Waals surface area contributed by atoms with E-state index in [0.29, 0.717) is 9.35 Å². The number of rotatable bonds is 1. The van der Waals surface area contributed by atoms with Crippen molar-refractivity contribution in [1.29, 1.82) is 0 Å². The molecule has 0 bridgehead atoms. The molecule has 0 aliphatic rings. The Kier molecular flexibility index (Phi) is 3.90. The van der Waals surface area contributed by atoms with Crippen LogP contribution in [0, 0.1) is 0 Å². The third-order valence-electron chi connectivity index (χ3n) is 1.20. The molecule has 0 spiro atoms. The lowest BCUT2D eigenvalue weighted by Gasteiger charge is -2.02. The fourth-order valence-electron chi connectivity index (χ4n) is 0.681. The van der Waals surface area contributed by atoms with E-state index in [2.05, 4.69) is 37.3 Å². The number of hydrazine groups is 1. The number of thiophene rings is 1. The predicted octanol–water partition coefficient (Wildman–Crippen LogP) is 1.59. The molecule has 0 aliphatic heterocycles. The van der Waals surface area contributed by atoms with Crippen molar-refractivity contribution in [2.24, 2.45) is 5.73 Å². The molecule has 0 aliphatic carbocycles. The lowest BCUT2D eigenvalue weighted by Crippen LogP contribution is -2.44. The number of hydrogen-bond donors (Lipinski definition) is 3. The molecule has 1 aromatic heterocycles. The summed E-state index contributed by atoms with van der Waals surface area (Å²) < 4.78 is 1.49. The Bertz CT molecular complexity index is 379. The van der Waals surface area contributed by atoms with Crippen LogP contribution in [-0.2, 0) is 0 Å². The van der Waals surface area contributed by atoms with Gasteiger partial charge in [0, 0.05) is 0 Å². The summed E-state index contributed by atoms with van der Waals surface area (Å²) >= 11 is 7.80. The number of primary amides is 1. The van der Waals surface area contributed by atoms with E-state index in [1.165, 1.54) is 11.3 Å². The minimum Gasteiger partial charge on any atom is -0.350 e. The van der Waals surface area contributed by atoms with E-state index in [1.54, 1.807) is 6.07 Å². The fourth-order valence-corrected chi connectivity index (χ4v) is 3.47. The van der Waals surface area contributed by atoms with E-state index in [-0.39, 0.29) is 0 Å². The highest BCUT2D eigenvalue weighted by Crippen LogP contribution is 2.31. The van der Waals surface area contributed by atoms with E-state index < -0.39 is 11.9 Å². The second kappa shape index (κ2) is 4.76. The molecule has 0 saturated carbocycles. The molecule has 1 heterocycles. The number of hydrogen-bond acceptors (Lipinski definition) is 3. The van der Waals surface area contributed by atoms with Crippen LogP contribution in [0.15, 0.2) is 13.6 Å². The van der Waals surface area contributed by atoms with E-state index in [1.807, 2.05) is 5.43 Å². The fraction of sp³-hybridized carbons (Fsp3) is 0. The molecule has 1 rings (SSSR count). The summed E-state index contributed by atoms with van der Waals surface area (Å²) in [7, 11) is 0. The molecule has 5 nitrogen and oxygen atoms in total. The molecule has 8 heteroatoms. The molecule has 4 N–H and O–H groups in total. The van der Waals surface area contributed by atoms with E-state index in [9.17, 15) is 9.59 Å². The van der Waals surface area contributed by atoms with Gasteiger partial charge >= 0.3 is 6.03 Å². The quantitative estimate of drug-likeness (QED) is 0.677. The van der Waals surface area contributed by atoms with E-state index >= 15 is 0 Å². The summed E-state index contributed by atoms with van der Waals surface area (Å²) in [5.41, 5.74) is 9.34. The first-order valence-corrected chi connectivity index (χ1v) is 5.71. The molecule has 76 valence electrons. The normalized spacial score (nSPS) is 9.57. The number of urea groups is 1. The van der Waals surface area contributed by atoms with Gasteiger partial charge in [0.25, 0.3) is 5.91 Å². The van der Waals surface area contributed by atoms with Gasteiger partial charge in [0.1, 0.15) is 0 Å². The highest BCUT2D eigenvalue weighted by molar-refractivity contribution is 9.12. The molecule has 0 unspecified atom stereocenters. The second-order valence-electron chi connectivity index (χ2n) is 2.18. The van der Waals surface area contributed by atoms with Gasteiger partial charge in [-0.05, 0) is 37.9 Å². The first-order valence-electron chi connectivity index (χ1n) is 3.31. The monoisotopic (exact) mass is 341 g/mol. The zero-order valence-electron chi connectivity index (χ0n) is 6.64. The van der Waals surface area contributed by atoms with Crippen LogP contribution in [0.1, 0.15) is 10.4 Å². The molecule has 0 aromatic carbocycles. The van der Waals surface area contributed by atoms with Crippen molar-refractivity contribution < 1.29 is 9.59 Å². The maximum Gasteiger partial charge on any atom is 0.330 e. The minimum absolute atomic E-state index is 0.427. The Labute approximate surface area is 100 Å². The van der Waals surface area contributed by atoms with Crippen molar-refractivity contribution in [2.75, 3.05) is 0 Å². The first-order chi connectivity index (χ1) is 6.50. The molecule has 14 heavy (non-hydrogen) atoms. The van der Waals surface area contributed by atoms with Gasteiger partial charge in [0.05, 0.1) is 13.1 Å². The number of nitrogens with one attached hydrogen (secondary N) is 2. The minimum atomic E-state index is -0.816. The summed E-state index contributed by atoms with van der Waals surface area (Å²) in [6.07, 6.45) is 0. The SMILES string of the molecule is NC(=O)NNC(=O)c1cc(Br)sc1Br. The highest BCUT2D eigenvalue weighted by atomic mass is 79.9. The number of carbonyl (C=O) groups excluding carboxylic acids is 2. The van der Waals surface area contributed by atoms with Gasteiger partial charge in [0.15, 0.2) is 0 Å². The number of halogens is 2. The largest absolute Gasteiger partial charge is 0.350 e. The van der Waals surface area contributed by atoms with Gasteiger partial charge in [-0.15, -0.1) is 11.3 Å². The molecule has 0 atom stereocenters. The van der Waals surface area contributed by atoms with E-state index in [4.69, 9.17) is 5.73 Å². The van der Waals surface area contributed by atoms with Crippen molar-refractivity contribution in [3.63, 3.8) is 0 Å². The van der Waals surface area contributed by atoms with Gasteiger partial charge in [-0.1, -0.05) is 0 Å². The van der Waals surface area contributed by atoms with Crippen molar-refractivity contribution in [1.82, 2.24) is 10.9 Å². The second-order valence-corrected chi connectivity index (χ2v) is 5.93. The molecular formula is C6H5Br2N3O2S. The Balaban J connectivity index is 2.69. The van der Waals surface area contributed by atoms with Crippen LogP contribution in [0.25, 0.3) is 0 Å². The molecular weight excluding hydrogens is 338 g/mol. The Morgan fingerprint density at radius 2 is 2.00 bits per heavy atom. The number of amides is 3. The Hall–Kier alpha value is -0.600. The Morgan fingerprint density at radius 3 is 2.43 bits per heavy atom. The maximum atomic E-state index is 11.4. The van der Waals surface area contributed by atoms with Crippen molar-refractivity contribution in [2.45, 2.75) is 0 Å². The summed E-state index contributed by atoms with van der Waals surface area (Å²) in [6.45, 7) is 0. The van der Waals surface area contributed by atoms with Gasteiger partial charge in [0.2, 0.25) is 0 Å². The lowest BCUT2D eigenvalue weighted by molar-refractivity contribution is 0.0937. The highest BCUT2D eigenvalue weighted by Gasteiger charge is 2.13. The number of nitrogens with two attached hydrogens (primary N) is 1. The van der Waals surface area contributed by atoms with Crippen LogP contribution >= 0.6 is 43.2 Å². The van der Waals surface area contributed by atoms with Crippen molar-refractivity contribution in [3.05, 3.63) is 19.2 Å². The molecule has 3 amide bonds. The molecule has 0 fully saturated rings. The third kappa shape index (κ3) is 2.96. The van der Waals surface area contributed by atoms with Crippen LogP contribution < -0.4 is 16.6 Å². The summed E-state index contributed by atoms with van der Waals surface area (Å²) in [5, 5.41) is 0. The van der Waals surface area contributed by atoms with Crippen molar-refractivity contribution >= 4 is 55.1 Å². The van der Waals surface area contributed by atoms with Crippen LogP contribution in [0.3, 0.4) is 0 Å². The summed E-state index contributed by atoms with van der Waals surface area (Å²) in [6, 6.07) is 0.816. The first kappa shape index (κ1) is 11.5. The summed E-state index contributed by atoms with van der Waals surface area (Å²) in [5.74, 6) is -0.433. The van der Waals surface area contributed by atoms with Gasteiger partial charge in [-0.3, -0.25) is 10.2 Å². The Morgan fingerprint density at radius 1 is 1.36 bits per heavy atom. The molecule has 0 radical (unpaired) electrons. The predicted molar refractivity (Wildman–Crippen MR) is 59.9 cm³/mol. The van der Waals surface area contributed by atoms with Crippen LogP contribution in [0.5, 0.6) is 0 Å². The molecule has 1 aromatic rings. The van der Waals surface area contributed by atoms with Crippen molar-refractivity contribution in [3.8, 4) is 0 Å². The lowest BCUT2D eigenvalue weighted by atomic mass is 10.3. The number of carbonyl (C=O) groups is 2. The zero-order chi connectivity index (χ0) is 10.7. The van der Waals surface area contributed by atoms with Crippen LogP contribution in [-0.4, -0.2) is 11.9 Å². The average Bonchev–Trinajstić information content (AvgIpc) is 2.41. The standard InChI is InChI=1S/C6H5Br2N3O2S/c7-3-1-2(4(8)14-3)5(12)10-11-6(9)13/h1H,(H,10,12)(H3,9,11,13). The zero-order valence-corrected chi connectivity index (χ0v) is 10.6. The van der Waals surface area contributed by atoms with E-state index in [0.717, 1.165) is 3.79 Å². The maximum absolute atomic E-state index is 11.4. The summed E-state index contributed by atoms with van der Waals surface area (Å²) in [4.78, 5) is 21.7. The van der Waals surface area contributed by atoms with Crippen LogP contribution in [0.2, 0.25) is 0 Å². The smallest absolute Gasteiger partial charge is 0.330 e.